The summed E-state index contributed by atoms with van der Waals surface area (Å²) in [4.78, 5) is 17.2. The molecule has 0 N–H and O–H groups in total. The maximum atomic E-state index is 13.8. The molecule has 0 radical (unpaired) electrons. The van der Waals surface area contributed by atoms with E-state index in [1.807, 2.05) is 24.3 Å². The van der Waals surface area contributed by atoms with Gasteiger partial charge in [-0.3, -0.25) is 9.80 Å². The number of carbonyl (C=O) groups is 1. The zero-order chi connectivity index (χ0) is 24.2. The van der Waals surface area contributed by atoms with E-state index in [9.17, 15) is 13.6 Å². The largest absolute Gasteiger partial charge is 0.449 e. The number of anilines is 1. The van der Waals surface area contributed by atoms with Crippen molar-refractivity contribution in [2.24, 2.45) is 17.8 Å². The average Bonchev–Trinajstić information content (AvgIpc) is 3.09. The van der Waals surface area contributed by atoms with Gasteiger partial charge in [-0.15, -0.1) is 0 Å². The molecule has 6 heteroatoms. The molecule has 3 aromatic carbocycles. The number of halogens is 2. The van der Waals surface area contributed by atoms with Crippen LogP contribution in [0.15, 0.2) is 78.9 Å². The number of benzene rings is 3. The lowest BCUT2D eigenvalue weighted by molar-refractivity contribution is 0.0506. The highest BCUT2D eigenvalue weighted by atomic mass is 19.1. The van der Waals surface area contributed by atoms with Crippen molar-refractivity contribution < 1.29 is 18.3 Å². The molecular formula is C29H30F2N2O2. The zero-order valence-electron chi connectivity index (χ0n) is 19.7. The summed E-state index contributed by atoms with van der Waals surface area (Å²) in [5.41, 5.74) is 2.32. The van der Waals surface area contributed by atoms with Gasteiger partial charge in [0.15, 0.2) is 0 Å². The monoisotopic (exact) mass is 476 g/mol. The minimum absolute atomic E-state index is 0.0277. The molecule has 1 amide bonds. The van der Waals surface area contributed by atoms with Crippen molar-refractivity contribution in [3.05, 3.63) is 102 Å². The maximum Gasteiger partial charge on any atom is 0.414 e. The van der Waals surface area contributed by atoms with Gasteiger partial charge in [-0.25, -0.2) is 13.6 Å². The summed E-state index contributed by atoms with van der Waals surface area (Å²) in [5, 5.41) is 0. The second-order valence-corrected chi connectivity index (χ2v) is 9.72. The van der Waals surface area contributed by atoms with Crippen LogP contribution in [0.1, 0.15) is 24.0 Å². The van der Waals surface area contributed by atoms with Gasteiger partial charge in [0, 0.05) is 37.3 Å². The predicted octanol–water partition coefficient (Wildman–Crippen LogP) is 6.27. The number of ether oxygens (including phenoxy) is 1. The fraction of sp³-hybridized carbons (Fsp3) is 0.345. The number of para-hydroxylation sites is 1. The van der Waals surface area contributed by atoms with Gasteiger partial charge in [0.05, 0.1) is 13.2 Å². The molecule has 35 heavy (non-hydrogen) atoms. The summed E-state index contributed by atoms with van der Waals surface area (Å²) in [6, 6.07) is 22.9. The van der Waals surface area contributed by atoms with Crippen LogP contribution in [-0.2, 0) is 17.8 Å². The van der Waals surface area contributed by atoms with Gasteiger partial charge in [-0.05, 0) is 60.1 Å². The van der Waals surface area contributed by atoms with E-state index in [0.29, 0.717) is 35.6 Å². The second kappa shape index (κ2) is 10.6. The molecule has 4 nitrogen and oxygen atoms in total. The summed E-state index contributed by atoms with van der Waals surface area (Å²) in [5.74, 6) is 0.0242. The van der Waals surface area contributed by atoms with Gasteiger partial charge in [0.1, 0.15) is 11.6 Å². The molecule has 2 aliphatic rings. The van der Waals surface area contributed by atoms with Crippen LogP contribution in [0, 0.1) is 29.4 Å². The molecule has 5 rings (SSSR count). The molecule has 2 fully saturated rings. The van der Waals surface area contributed by atoms with E-state index in [0.717, 1.165) is 38.5 Å². The number of nitrogens with zero attached hydrogens (tertiary/aromatic N) is 2. The molecule has 1 saturated carbocycles. The first-order valence-electron chi connectivity index (χ1n) is 12.3. The van der Waals surface area contributed by atoms with E-state index in [4.69, 9.17) is 4.74 Å². The van der Waals surface area contributed by atoms with Crippen LogP contribution >= 0.6 is 0 Å². The number of rotatable bonds is 7. The highest BCUT2D eigenvalue weighted by Crippen LogP contribution is 2.42. The molecule has 1 aliphatic heterocycles. The SMILES string of the molecule is O=C(OCC1C2CCC1CN(Cc1ccccc1)C2)N(Cc1cc(F)cc(F)c1)c1ccccc1. The molecule has 2 unspecified atom stereocenters. The van der Waals surface area contributed by atoms with E-state index in [1.165, 1.54) is 22.6 Å². The normalized spacial score (nSPS) is 21.6. The Balaban J connectivity index is 1.23. The lowest BCUT2D eigenvalue weighted by Crippen LogP contribution is -2.43. The van der Waals surface area contributed by atoms with Crippen LogP contribution in [0.4, 0.5) is 19.3 Å². The summed E-state index contributed by atoms with van der Waals surface area (Å²) in [7, 11) is 0. The molecule has 1 heterocycles. The van der Waals surface area contributed by atoms with Gasteiger partial charge < -0.3 is 4.74 Å². The summed E-state index contributed by atoms with van der Waals surface area (Å²) >= 11 is 0. The molecule has 2 bridgehead atoms. The third-order valence-corrected chi connectivity index (χ3v) is 7.30. The fourth-order valence-electron chi connectivity index (χ4n) is 5.67. The molecule has 1 aliphatic carbocycles. The van der Waals surface area contributed by atoms with Crippen molar-refractivity contribution >= 4 is 11.8 Å². The minimum atomic E-state index is -0.666. The van der Waals surface area contributed by atoms with E-state index in [-0.39, 0.29) is 6.54 Å². The number of hydrogen-bond donors (Lipinski definition) is 0. The highest BCUT2D eigenvalue weighted by Gasteiger charge is 2.42. The Kier molecular flexibility index (Phi) is 7.09. The first-order chi connectivity index (χ1) is 17.0. The van der Waals surface area contributed by atoms with Crippen molar-refractivity contribution in [3.8, 4) is 0 Å². The molecule has 1 saturated heterocycles. The van der Waals surface area contributed by atoms with Crippen LogP contribution < -0.4 is 4.90 Å². The number of piperidine rings is 1. The maximum absolute atomic E-state index is 13.8. The second-order valence-electron chi connectivity index (χ2n) is 9.72. The number of fused-ring (bicyclic) bond motifs is 2. The van der Waals surface area contributed by atoms with Crippen LogP contribution in [0.2, 0.25) is 0 Å². The van der Waals surface area contributed by atoms with Crippen LogP contribution in [-0.4, -0.2) is 30.7 Å². The third-order valence-electron chi connectivity index (χ3n) is 7.30. The van der Waals surface area contributed by atoms with E-state index in [1.54, 1.807) is 12.1 Å². The first-order valence-corrected chi connectivity index (χ1v) is 12.3. The third kappa shape index (κ3) is 5.70. The summed E-state index contributed by atoms with van der Waals surface area (Å²) in [6.07, 6.45) is 1.82. The topological polar surface area (TPSA) is 32.8 Å². The van der Waals surface area contributed by atoms with Gasteiger partial charge in [-0.1, -0.05) is 48.5 Å². The molecule has 182 valence electrons. The van der Waals surface area contributed by atoms with Crippen LogP contribution in [0.25, 0.3) is 0 Å². The smallest absolute Gasteiger partial charge is 0.414 e. The molecule has 3 aromatic rings. The van der Waals surface area contributed by atoms with E-state index in [2.05, 4.69) is 29.2 Å². The Morgan fingerprint density at radius 1 is 0.857 bits per heavy atom. The number of hydrogen-bond acceptors (Lipinski definition) is 3. The Morgan fingerprint density at radius 2 is 1.46 bits per heavy atom. The minimum Gasteiger partial charge on any atom is -0.449 e. The lowest BCUT2D eigenvalue weighted by Gasteiger charge is -2.38. The Labute approximate surface area is 205 Å². The van der Waals surface area contributed by atoms with Crippen molar-refractivity contribution in [3.63, 3.8) is 0 Å². The molecule has 2 atom stereocenters. The zero-order valence-corrected chi connectivity index (χ0v) is 19.7. The quantitative estimate of drug-likeness (QED) is 0.403. The van der Waals surface area contributed by atoms with Gasteiger partial charge in [0.2, 0.25) is 0 Å². The molecule has 0 spiro atoms. The molecule has 0 aromatic heterocycles. The van der Waals surface area contributed by atoms with Crippen molar-refractivity contribution in [2.45, 2.75) is 25.9 Å². The predicted molar refractivity (Wildman–Crippen MR) is 132 cm³/mol. The number of likely N-dealkylation sites (tertiary alicyclic amines) is 1. The standard InChI is InChI=1S/C29H30F2N2O2/c30-25-13-22(14-26(31)15-25)17-33(27-9-5-2-6-10-27)29(34)35-20-28-23-11-12-24(28)19-32(18-23)16-21-7-3-1-4-8-21/h1-10,13-15,23-24,28H,11-12,16-20H2. The number of amides is 1. The van der Waals surface area contributed by atoms with Gasteiger partial charge in [0.25, 0.3) is 0 Å². The fourth-order valence-corrected chi connectivity index (χ4v) is 5.67. The Hall–Kier alpha value is -3.25. The van der Waals surface area contributed by atoms with Gasteiger partial charge in [-0.2, -0.15) is 0 Å². The van der Waals surface area contributed by atoms with Gasteiger partial charge >= 0.3 is 6.09 Å². The lowest BCUT2D eigenvalue weighted by atomic mass is 9.85. The van der Waals surface area contributed by atoms with Crippen LogP contribution in [0.5, 0.6) is 0 Å². The van der Waals surface area contributed by atoms with Crippen LogP contribution in [0.3, 0.4) is 0 Å². The van der Waals surface area contributed by atoms with Crippen molar-refractivity contribution in [1.82, 2.24) is 4.90 Å². The van der Waals surface area contributed by atoms with Crippen molar-refractivity contribution in [2.75, 3.05) is 24.6 Å². The Morgan fingerprint density at radius 3 is 2.09 bits per heavy atom. The van der Waals surface area contributed by atoms with Crippen molar-refractivity contribution in [1.29, 1.82) is 0 Å². The first kappa shape index (κ1) is 23.5. The summed E-state index contributed by atoms with van der Waals surface area (Å²) < 4.78 is 33.4. The Bertz CT molecular complexity index is 1110. The van der Waals surface area contributed by atoms with E-state index < -0.39 is 17.7 Å². The average molecular weight is 477 g/mol. The van der Waals surface area contributed by atoms with E-state index >= 15 is 0 Å². The summed E-state index contributed by atoms with van der Waals surface area (Å²) in [6.45, 7) is 3.37. The number of carbonyl (C=O) groups excluding carboxylic acids is 1. The highest BCUT2D eigenvalue weighted by molar-refractivity contribution is 5.87. The molecular weight excluding hydrogens is 446 g/mol.